The van der Waals surface area contributed by atoms with Crippen LogP contribution in [0, 0.1) is 0 Å². The summed E-state index contributed by atoms with van der Waals surface area (Å²) in [6, 6.07) is 4.93. The molecule has 0 aromatic heterocycles. The minimum absolute atomic E-state index is 0.0939. The van der Waals surface area contributed by atoms with Crippen LogP contribution in [-0.2, 0) is 10.7 Å². The molecule has 0 aliphatic carbocycles. The Bertz CT molecular complexity index is 374. The first-order chi connectivity index (χ1) is 6.63. The molecule has 0 unspecified atom stereocenters. The van der Waals surface area contributed by atoms with Crippen LogP contribution in [0.2, 0.25) is 0 Å². The molecule has 0 spiro atoms. The number of carbonyl (C=O) groups is 1. The van der Waals surface area contributed by atoms with E-state index in [1.807, 2.05) is 0 Å². The number of nitrogens with two attached hydrogens (primary N) is 1. The van der Waals surface area contributed by atoms with Crippen LogP contribution < -0.4 is 5.73 Å². The number of hydrogen-bond donors (Lipinski definition) is 2. The maximum atomic E-state index is 10.5. The first-order valence-electron chi connectivity index (χ1n) is 3.99. The topological polar surface area (TPSA) is 63.3 Å². The quantitative estimate of drug-likeness (QED) is 0.590. The van der Waals surface area contributed by atoms with E-state index in [9.17, 15) is 9.90 Å². The van der Waals surface area contributed by atoms with E-state index < -0.39 is 5.91 Å². The van der Waals surface area contributed by atoms with Crippen LogP contribution in [0.15, 0.2) is 24.3 Å². The van der Waals surface area contributed by atoms with Crippen molar-refractivity contribution < 1.29 is 9.90 Å². The fourth-order valence-electron chi connectivity index (χ4n) is 0.993. The summed E-state index contributed by atoms with van der Waals surface area (Å²) in [5.74, 6) is -0.102. The maximum Gasteiger partial charge on any atom is 0.241 e. The van der Waals surface area contributed by atoms with Gasteiger partial charge in [-0.3, -0.25) is 4.79 Å². The molecule has 0 saturated carbocycles. The van der Waals surface area contributed by atoms with Crippen molar-refractivity contribution >= 4 is 23.6 Å². The molecular formula is C10H10ClNO2. The highest BCUT2D eigenvalue weighted by atomic mass is 35.5. The summed E-state index contributed by atoms with van der Waals surface area (Å²) in [4.78, 5) is 10.5. The van der Waals surface area contributed by atoms with E-state index in [0.29, 0.717) is 11.4 Å². The molecule has 14 heavy (non-hydrogen) atoms. The van der Waals surface area contributed by atoms with Gasteiger partial charge in [0.05, 0.1) is 0 Å². The van der Waals surface area contributed by atoms with E-state index in [1.54, 1.807) is 12.1 Å². The molecule has 0 aliphatic heterocycles. The molecule has 0 fully saturated rings. The minimum atomic E-state index is -0.555. The van der Waals surface area contributed by atoms with Gasteiger partial charge in [0.2, 0.25) is 5.91 Å². The van der Waals surface area contributed by atoms with Crippen LogP contribution in [0.5, 0.6) is 5.75 Å². The van der Waals surface area contributed by atoms with Crippen molar-refractivity contribution in [2.24, 2.45) is 5.73 Å². The van der Waals surface area contributed by atoms with E-state index in [2.05, 4.69) is 0 Å². The van der Waals surface area contributed by atoms with Gasteiger partial charge in [0.25, 0.3) is 0 Å². The Labute approximate surface area is 86.8 Å². The Morgan fingerprint density at radius 3 is 2.86 bits per heavy atom. The van der Waals surface area contributed by atoms with Crippen LogP contribution in [0.3, 0.4) is 0 Å². The summed E-state index contributed by atoms with van der Waals surface area (Å²) in [6.45, 7) is 0. The molecular weight excluding hydrogens is 202 g/mol. The lowest BCUT2D eigenvalue weighted by Gasteiger charge is -2.00. The highest BCUT2D eigenvalue weighted by Crippen LogP contribution is 2.20. The summed E-state index contributed by atoms with van der Waals surface area (Å²) < 4.78 is 0. The Hall–Kier alpha value is -1.48. The van der Waals surface area contributed by atoms with Crippen molar-refractivity contribution in [3.8, 4) is 5.75 Å². The zero-order chi connectivity index (χ0) is 10.6. The molecule has 3 nitrogen and oxygen atoms in total. The molecule has 0 heterocycles. The van der Waals surface area contributed by atoms with Gasteiger partial charge in [-0.15, -0.1) is 11.6 Å². The fraction of sp³-hybridized carbons (Fsp3) is 0.100. The summed E-state index contributed by atoms with van der Waals surface area (Å²) in [7, 11) is 0. The smallest absolute Gasteiger partial charge is 0.241 e. The number of halogens is 1. The SMILES string of the molecule is NC(=O)/C=C/c1cc(CCl)ccc1O. The molecule has 1 rings (SSSR count). The van der Waals surface area contributed by atoms with Crippen molar-refractivity contribution in [3.63, 3.8) is 0 Å². The normalized spacial score (nSPS) is 10.6. The Morgan fingerprint density at radius 1 is 1.57 bits per heavy atom. The predicted octanol–water partition coefficient (Wildman–Crippen LogP) is 1.63. The lowest BCUT2D eigenvalue weighted by molar-refractivity contribution is -0.113. The van der Waals surface area contributed by atoms with E-state index in [-0.39, 0.29) is 5.75 Å². The number of amides is 1. The van der Waals surface area contributed by atoms with Gasteiger partial charge in [0.1, 0.15) is 5.75 Å². The van der Waals surface area contributed by atoms with Crippen LogP contribution >= 0.6 is 11.6 Å². The zero-order valence-electron chi connectivity index (χ0n) is 7.40. The number of benzene rings is 1. The number of alkyl halides is 1. The van der Waals surface area contributed by atoms with Gasteiger partial charge < -0.3 is 10.8 Å². The predicted molar refractivity (Wildman–Crippen MR) is 55.9 cm³/mol. The van der Waals surface area contributed by atoms with E-state index in [4.69, 9.17) is 17.3 Å². The molecule has 0 saturated heterocycles. The Morgan fingerprint density at radius 2 is 2.29 bits per heavy atom. The second-order valence-electron chi connectivity index (χ2n) is 2.76. The summed E-state index contributed by atoms with van der Waals surface area (Å²) in [6.07, 6.45) is 2.64. The lowest BCUT2D eigenvalue weighted by Crippen LogP contribution is -2.05. The molecule has 1 aromatic rings. The van der Waals surface area contributed by atoms with Gasteiger partial charge in [-0.25, -0.2) is 0 Å². The van der Waals surface area contributed by atoms with Gasteiger partial charge in [0, 0.05) is 17.5 Å². The first kappa shape index (κ1) is 10.6. The highest BCUT2D eigenvalue weighted by Gasteiger charge is 1.99. The van der Waals surface area contributed by atoms with Crippen LogP contribution in [0.4, 0.5) is 0 Å². The number of hydrogen-bond acceptors (Lipinski definition) is 2. The number of rotatable bonds is 3. The Kier molecular flexibility index (Phi) is 3.54. The maximum absolute atomic E-state index is 10.5. The average Bonchev–Trinajstić information content (AvgIpc) is 2.16. The second-order valence-corrected chi connectivity index (χ2v) is 3.03. The third-order valence-electron chi connectivity index (χ3n) is 1.67. The van der Waals surface area contributed by atoms with Gasteiger partial charge in [-0.05, 0) is 23.8 Å². The second kappa shape index (κ2) is 4.67. The average molecular weight is 212 g/mol. The van der Waals surface area contributed by atoms with Crippen LogP contribution in [0.25, 0.3) is 6.08 Å². The summed E-state index contributed by atoms with van der Waals surface area (Å²) in [5, 5.41) is 9.40. The monoisotopic (exact) mass is 211 g/mol. The highest BCUT2D eigenvalue weighted by molar-refractivity contribution is 6.17. The minimum Gasteiger partial charge on any atom is -0.507 e. The molecule has 3 N–H and O–H groups in total. The summed E-state index contributed by atoms with van der Waals surface area (Å²) >= 11 is 5.62. The van der Waals surface area contributed by atoms with E-state index in [0.717, 1.165) is 5.56 Å². The van der Waals surface area contributed by atoms with Gasteiger partial charge >= 0.3 is 0 Å². The molecule has 1 amide bonds. The summed E-state index contributed by atoms with van der Waals surface area (Å²) in [5.41, 5.74) is 6.33. The van der Waals surface area contributed by atoms with E-state index in [1.165, 1.54) is 18.2 Å². The van der Waals surface area contributed by atoms with Crippen molar-refractivity contribution in [3.05, 3.63) is 35.4 Å². The largest absolute Gasteiger partial charge is 0.507 e. The molecule has 0 radical (unpaired) electrons. The van der Waals surface area contributed by atoms with Gasteiger partial charge in [0.15, 0.2) is 0 Å². The number of phenolic OH excluding ortho intramolecular Hbond substituents is 1. The number of aromatic hydroxyl groups is 1. The standard InChI is InChI=1S/C10H10ClNO2/c11-6-7-1-3-9(13)8(5-7)2-4-10(12)14/h1-5,13H,6H2,(H2,12,14)/b4-2+. The van der Waals surface area contributed by atoms with Crippen molar-refractivity contribution in [1.82, 2.24) is 0 Å². The number of primary amides is 1. The zero-order valence-corrected chi connectivity index (χ0v) is 8.16. The first-order valence-corrected chi connectivity index (χ1v) is 4.52. The molecule has 0 atom stereocenters. The Balaban J connectivity index is 3.00. The third-order valence-corrected chi connectivity index (χ3v) is 1.98. The van der Waals surface area contributed by atoms with Gasteiger partial charge in [-0.1, -0.05) is 6.07 Å². The van der Waals surface area contributed by atoms with Crippen molar-refractivity contribution in [1.29, 1.82) is 0 Å². The van der Waals surface area contributed by atoms with Crippen LogP contribution in [-0.4, -0.2) is 11.0 Å². The van der Waals surface area contributed by atoms with Crippen LogP contribution in [0.1, 0.15) is 11.1 Å². The van der Waals surface area contributed by atoms with Crippen molar-refractivity contribution in [2.75, 3.05) is 0 Å². The molecule has 1 aromatic carbocycles. The molecule has 4 heteroatoms. The molecule has 74 valence electrons. The van der Waals surface area contributed by atoms with Crippen molar-refractivity contribution in [2.45, 2.75) is 5.88 Å². The van der Waals surface area contributed by atoms with E-state index >= 15 is 0 Å². The van der Waals surface area contributed by atoms with Gasteiger partial charge in [-0.2, -0.15) is 0 Å². The molecule has 0 aliphatic rings. The molecule has 0 bridgehead atoms. The fourth-order valence-corrected chi connectivity index (χ4v) is 1.16. The lowest BCUT2D eigenvalue weighted by atomic mass is 10.1. The number of carbonyl (C=O) groups excluding carboxylic acids is 1. The third kappa shape index (κ3) is 2.78. The number of phenols is 1.